The predicted octanol–water partition coefficient (Wildman–Crippen LogP) is 2.44. The number of allylic oxidation sites excluding steroid dienone is 5. The Hall–Kier alpha value is -2.28. The lowest BCUT2D eigenvalue weighted by molar-refractivity contribution is 0.431. The standard InChI is InChI=1S/C18H12O/c19-13-8-12-10-18(12)7-6-15-14-3-1-2-11(14)4-5-16(15)17(18)9-13/h1-9,19H,10H2. The molecule has 0 saturated heterocycles. The van der Waals surface area contributed by atoms with Crippen LogP contribution >= 0.6 is 0 Å². The quantitative estimate of drug-likeness (QED) is 0.743. The Bertz CT molecular complexity index is 890. The Labute approximate surface area is 110 Å². The maximum atomic E-state index is 9.88. The number of hydrogen-bond donors (Lipinski definition) is 1. The molecule has 1 fully saturated rings. The van der Waals surface area contributed by atoms with Gasteiger partial charge in [-0.25, -0.2) is 0 Å². The summed E-state index contributed by atoms with van der Waals surface area (Å²) in [7, 11) is 0. The van der Waals surface area contributed by atoms with Crippen LogP contribution in [0.3, 0.4) is 0 Å². The molecule has 1 N–H and O–H groups in total. The van der Waals surface area contributed by atoms with Crippen LogP contribution in [0.1, 0.15) is 17.5 Å². The second kappa shape index (κ2) is 2.83. The van der Waals surface area contributed by atoms with Crippen LogP contribution in [0.4, 0.5) is 0 Å². The lowest BCUT2D eigenvalue weighted by Gasteiger charge is -2.21. The van der Waals surface area contributed by atoms with Gasteiger partial charge in [-0.2, -0.15) is 0 Å². The van der Waals surface area contributed by atoms with Crippen LogP contribution in [0.15, 0.2) is 47.8 Å². The van der Waals surface area contributed by atoms with Gasteiger partial charge < -0.3 is 5.11 Å². The molecule has 90 valence electrons. The van der Waals surface area contributed by atoms with Gasteiger partial charge in [-0.05, 0) is 45.7 Å². The van der Waals surface area contributed by atoms with Crippen molar-refractivity contribution in [3.63, 3.8) is 0 Å². The molecule has 0 aromatic heterocycles. The molecule has 0 radical (unpaired) electrons. The van der Waals surface area contributed by atoms with Crippen molar-refractivity contribution in [1.29, 1.82) is 0 Å². The summed E-state index contributed by atoms with van der Waals surface area (Å²) in [5, 5.41) is 12.4. The Balaban J connectivity index is 1.96. The highest BCUT2D eigenvalue weighted by atomic mass is 16.3. The van der Waals surface area contributed by atoms with Crippen molar-refractivity contribution in [2.75, 3.05) is 0 Å². The third kappa shape index (κ3) is 1.03. The van der Waals surface area contributed by atoms with E-state index in [2.05, 4.69) is 42.5 Å². The van der Waals surface area contributed by atoms with Crippen LogP contribution in [-0.2, 0) is 0 Å². The van der Waals surface area contributed by atoms with E-state index in [1.54, 1.807) is 0 Å². The molecule has 1 unspecified atom stereocenters. The molecule has 1 aromatic carbocycles. The molecule has 1 saturated carbocycles. The first-order chi connectivity index (χ1) is 9.28. The summed E-state index contributed by atoms with van der Waals surface area (Å²) in [5.74, 6) is 0.391. The van der Waals surface area contributed by atoms with Gasteiger partial charge in [0.25, 0.3) is 0 Å². The van der Waals surface area contributed by atoms with Crippen molar-refractivity contribution in [1.82, 2.24) is 0 Å². The maximum absolute atomic E-state index is 9.88. The van der Waals surface area contributed by atoms with Gasteiger partial charge in [0, 0.05) is 5.41 Å². The summed E-state index contributed by atoms with van der Waals surface area (Å²) >= 11 is 0. The monoisotopic (exact) mass is 244 g/mol. The molecule has 0 aliphatic heterocycles. The molecular weight excluding hydrogens is 232 g/mol. The van der Waals surface area contributed by atoms with Crippen molar-refractivity contribution >= 4 is 23.8 Å². The van der Waals surface area contributed by atoms with E-state index in [-0.39, 0.29) is 5.41 Å². The molecule has 1 spiro atoms. The first kappa shape index (κ1) is 9.62. The van der Waals surface area contributed by atoms with Gasteiger partial charge in [-0.15, -0.1) is 0 Å². The predicted molar refractivity (Wildman–Crippen MR) is 77.5 cm³/mol. The van der Waals surface area contributed by atoms with E-state index in [0.29, 0.717) is 5.76 Å². The number of benzene rings is 1. The van der Waals surface area contributed by atoms with E-state index in [9.17, 15) is 5.11 Å². The number of fused-ring (bicyclic) bond motifs is 3. The van der Waals surface area contributed by atoms with Crippen molar-refractivity contribution in [3.8, 4) is 0 Å². The summed E-state index contributed by atoms with van der Waals surface area (Å²) in [4.78, 5) is 0. The highest BCUT2D eigenvalue weighted by molar-refractivity contribution is 5.87. The zero-order valence-corrected chi connectivity index (χ0v) is 10.4. The smallest absolute Gasteiger partial charge is 0.115 e. The van der Waals surface area contributed by atoms with Crippen molar-refractivity contribution in [2.45, 2.75) is 6.42 Å². The minimum absolute atomic E-state index is 0.0967. The normalized spacial score (nSPS) is 27.7. The zero-order chi connectivity index (χ0) is 12.6. The van der Waals surface area contributed by atoms with Gasteiger partial charge in [-0.1, -0.05) is 48.1 Å². The van der Waals surface area contributed by atoms with Crippen molar-refractivity contribution in [3.05, 3.63) is 69.3 Å². The van der Waals surface area contributed by atoms with Crippen molar-refractivity contribution in [2.24, 2.45) is 5.41 Å². The van der Waals surface area contributed by atoms with Crippen LogP contribution in [0.2, 0.25) is 0 Å². The molecule has 4 aliphatic rings. The third-order valence-electron chi connectivity index (χ3n) is 4.70. The number of aliphatic hydroxyl groups is 1. The molecule has 1 aromatic rings. The van der Waals surface area contributed by atoms with Crippen molar-refractivity contribution < 1.29 is 5.11 Å². The van der Waals surface area contributed by atoms with Gasteiger partial charge >= 0.3 is 0 Å². The summed E-state index contributed by atoms with van der Waals surface area (Å²) in [6, 6.07) is 4.38. The van der Waals surface area contributed by atoms with E-state index in [4.69, 9.17) is 0 Å². The number of hydrogen-bond acceptors (Lipinski definition) is 1. The Morgan fingerprint density at radius 1 is 1.05 bits per heavy atom. The van der Waals surface area contributed by atoms with Gasteiger partial charge in [0.15, 0.2) is 0 Å². The molecular formula is C18H12O. The highest BCUT2D eigenvalue weighted by Crippen LogP contribution is 2.62. The minimum Gasteiger partial charge on any atom is -0.508 e. The Kier molecular flexibility index (Phi) is 1.43. The fraction of sp³-hybridized carbons (Fsp3) is 0.111. The summed E-state index contributed by atoms with van der Waals surface area (Å²) in [6.45, 7) is 0. The first-order valence-corrected chi connectivity index (χ1v) is 6.65. The Morgan fingerprint density at radius 3 is 2.95 bits per heavy atom. The summed E-state index contributed by atoms with van der Waals surface area (Å²) < 4.78 is 0. The van der Waals surface area contributed by atoms with E-state index in [1.807, 2.05) is 12.2 Å². The molecule has 0 heterocycles. The molecule has 5 rings (SSSR count). The first-order valence-electron chi connectivity index (χ1n) is 6.65. The fourth-order valence-electron chi connectivity index (χ4n) is 3.65. The number of aliphatic hydroxyl groups excluding tert-OH is 1. The van der Waals surface area contributed by atoms with Crippen LogP contribution in [0.5, 0.6) is 0 Å². The lowest BCUT2D eigenvalue weighted by atomic mass is 9.82. The second-order valence-corrected chi connectivity index (χ2v) is 5.69. The third-order valence-corrected chi connectivity index (χ3v) is 4.70. The molecule has 0 amide bonds. The van der Waals surface area contributed by atoms with Gasteiger partial charge in [-0.3, -0.25) is 0 Å². The van der Waals surface area contributed by atoms with E-state index < -0.39 is 0 Å². The fourth-order valence-corrected chi connectivity index (χ4v) is 3.65. The Morgan fingerprint density at radius 2 is 2.00 bits per heavy atom. The lowest BCUT2D eigenvalue weighted by Crippen LogP contribution is -2.24. The van der Waals surface area contributed by atoms with Crippen LogP contribution in [0, 0.1) is 5.41 Å². The van der Waals surface area contributed by atoms with Gasteiger partial charge in [0.1, 0.15) is 5.76 Å². The second-order valence-electron chi connectivity index (χ2n) is 5.69. The molecule has 19 heavy (non-hydrogen) atoms. The molecule has 0 bridgehead atoms. The van der Waals surface area contributed by atoms with Gasteiger partial charge in [0.05, 0.1) is 0 Å². The molecule has 1 atom stereocenters. The SMILES string of the molecule is OC1=CC2=c3ccc4c(c3C=CC23CC3=C1)C=CC=4. The summed E-state index contributed by atoms with van der Waals surface area (Å²) in [6.07, 6.45) is 15.9. The summed E-state index contributed by atoms with van der Waals surface area (Å²) in [5.41, 5.74) is 5.30. The topological polar surface area (TPSA) is 20.2 Å². The largest absolute Gasteiger partial charge is 0.508 e. The average Bonchev–Trinajstić information content (AvgIpc) is 2.89. The molecule has 4 aliphatic carbocycles. The van der Waals surface area contributed by atoms with Crippen LogP contribution < -0.4 is 10.4 Å². The number of rotatable bonds is 0. The average molecular weight is 244 g/mol. The highest BCUT2D eigenvalue weighted by Gasteiger charge is 2.52. The van der Waals surface area contributed by atoms with E-state index in [0.717, 1.165) is 6.42 Å². The van der Waals surface area contributed by atoms with E-state index in [1.165, 1.54) is 32.7 Å². The molecule has 1 heteroatoms. The zero-order valence-electron chi connectivity index (χ0n) is 10.4. The molecule has 1 nitrogen and oxygen atoms in total. The van der Waals surface area contributed by atoms with Crippen LogP contribution in [-0.4, -0.2) is 5.11 Å². The van der Waals surface area contributed by atoms with Crippen LogP contribution in [0.25, 0.3) is 23.8 Å². The van der Waals surface area contributed by atoms with Gasteiger partial charge in [0.2, 0.25) is 0 Å². The maximum Gasteiger partial charge on any atom is 0.115 e. The van der Waals surface area contributed by atoms with E-state index >= 15 is 0 Å². The minimum atomic E-state index is 0.0967.